The highest BCUT2D eigenvalue weighted by Gasteiger charge is 2.30. The minimum atomic E-state index is -0.0864. The maximum absolute atomic E-state index is 4.20. The van der Waals surface area contributed by atoms with Crippen LogP contribution in [0, 0.1) is 0 Å². The van der Waals surface area contributed by atoms with Gasteiger partial charge >= 0.3 is 0 Å². The van der Waals surface area contributed by atoms with Gasteiger partial charge in [-0.25, -0.2) is 0 Å². The highest BCUT2D eigenvalue weighted by molar-refractivity contribution is 5.98. The molecule has 1 aliphatic carbocycles. The molecule has 58 heavy (non-hydrogen) atoms. The molecule has 0 amide bonds. The van der Waals surface area contributed by atoms with E-state index in [9.17, 15) is 0 Å². The average Bonchev–Trinajstić information content (AvgIpc) is 3.74. The molecule has 0 atom stereocenters. The summed E-state index contributed by atoms with van der Waals surface area (Å²) in [4.78, 5) is 2.37. The molecule has 1 aliphatic rings. The summed E-state index contributed by atoms with van der Waals surface area (Å²) in [6.45, 7) is 24.5. The van der Waals surface area contributed by atoms with Crippen molar-refractivity contribution in [1.82, 2.24) is 4.57 Å². The van der Waals surface area contributed by atoms with Gasteiger partial charge in [0.1, 0.15) is 0 Å². The second-order valence-electron chi connectivity index (χ2n) is 14.7. The molecule has 0 aliphatic heterocycles. The molecule has 2 heteroatoms. The van der Waals surface area contributed by atoms with Crippen LogP contribution in [0.4, 0.5) is 17.1 Å². The summed E-state index contributed by atoms with van der Waals surface area (Å²) in [5.74, 6) is 0. The maximum atomic E-state index is 4.20. The molecule has 0 saturated heterocycles. The minimum absolute atomic E-state index is 0.0864. The highest BCUT2D eigenvalue weighted by atomic mass is 15.1. The number of hydrogen-bond acceptors (Lipinski definition) is 1. The Bertz CT molecular complexity index is 2560. The number of fused-ring (bicyclic) bond motifs is 2. The van der Waals surface area contributed by atoms with Gasteiger partial charge in [-0.05, 0) is 119 Å². The van der Waals surface area contributed by atoms with Crippen LogP contribution in [0.15, 0.2) is 190 Å². The molecule has 0 bridgehead atoms. The van der Waals surface area contributed by atoms with Gasteiger partial charge in [0, 0.05) is 39.1 Å². The van der Waals surface area contributed by atoms with Crippen LogP contribution in [-0.2, 0) is 5.41 Å². The number of anilines is 3. The predicted octanol–water partition coefficient (Wildman–Crippen LogP) is 16.6. The van der Waals surface area contributed by atoms with Crippen LogP contribution in [0.5, 0.6) is 0 Å². The summed E-state index contributed by atoms with van der Waals surface area (Å²) < 4.78 is 2.30. The van der Waals surface area contributed by atoms with Crippen molar-refractivity contribution in [3.05, 3.63) is 212 Å². The van der Waals surface area contributed by atoms with Crippen molar-refractivity contribution < 1.29 is 0 Å². The topological polar surface area (TPSA) is 8.17 Å². The van der Waals surface area contributed by atoms with Gasteiger partial charge in [-0.3, -0.25) is 0 Å². The van der Waals surface area contributed by atoms with Crippen molar-refractivity contribution in [2.24, 2.45) is 0 Å². The predicted molar refractivity (Wildman–Crippen MR) is 257 cm³/mol. The number of rotatable bonds is 10. The Hall–Kier alpha value is -6.64. The van der Waals surface area contributed by atoms with Crippen molar-refractivity contribution in [1.29, 1.82) is 0 Å². The number of hydrogen-bond donors (Lipinski definition) is 0. The lowest BCUT2D eigenvalue weighted by molar-refractivity contribution is 0.683. The Morgan fingerprint density at radius 1 is 0.621 bits per heavy atom. The molecule has 0 N–H and O–H groups in total. The van der Waals surface area contributed by atoms with E-state index < -0.39 is 0 Å². The van der Waals surface area contributed by atoms with Crippen LogP contribution in [0.3, 0.4) is 0 Å². The maximum Gasteiger partial charge on any atom is 0.0541 e. The Labute approximate surface area is 347 Å². The third-order valence-corrected chi connectivity index (χ3v) is 10.6. The first-order chi connectivity index (χ1) is 28.3. The summed E-state index contributed by atoms with van der Waals surface area (Å²) in [6.07, 6.45) is 13.5. The molecular formula is C56H56N2. The lowest BCUT2D eigenvalue weighted by atomic mass is 9.86. The number of para-hydroxylation sites is 1. The summed E-state index contributed by atoms with van der Waals surface area (Å²) in [5, 5.41) is 1.20. The van der Waals surface area contributed by atoms with Gasteiger partial charge in [0.2, 0.25) is 0 Å². The molecule has 1 aromatic heterocycles. The van der Waals surface area contributed by atoms with Crippen LogP contribution in [-0.4, -0.2) is 4.57 Å². The number of allylic oxidation sites excluding steroid dienone is 5. The van der Waals surface area contributed by atoms with Crippen molar-refractivity contribution in [3.63, 3.8) is 0 Å². The Balaban J connectivity index is 0.000000892. The molecule has 290 valence electrons. The number of aromatic nitrogens is 1. The monoisotopic (exact) mass is 756 g/mol. The van der Waals surface area contributed by atoms with E-state index in [0.29, 0.717) is 0 Å². The minimum Gasteiger partial charge on any atom is -0.310 e. The molecule has 6 aromatic carbocycles. The van der Waals surface area contributed by atoms with E-state index in [0.717, 1.165) is 40.4 Å². The molecule has 0 fully saturated rings. The molecule has 2 nitrogen and oxygen atoms in total. The fourth-order valence-electron chi connectivity index (χ4n) is 7.77. The molecule has 0 spiro atoms. The first-order valence-electron chi connectivity index (χ1n) is 20.5. The molecule has 8 rings (SSSR count). The smallest absolute Gasteiger partial charge is 0.0541 e. The first-order valence-corrected chi connectivity index (χ1v) is 20.5. The van der Waals surface area contributed by atoms with Crippen LogP contribution >= 0.6 is 0 Å². The summed E-state index contributed by atoms with van der Waals surface area (Å²) >= 11 is 0. The van der Waals surface area contributed by atoms with E-state index in [2.05, 4.69) is 221 Å². The first kappa shape index (κ1) is 41.0. The van der Waals surface area contributed by atoms with Crippen molar-refractivity contribution in [3.8, 4) is 27.9 Å². The van der Waals surface area contributed by atoms with Gasteiger partial charge in [-0.15, -0.1) is 6.58 Å². The normalized spacial score (nSPS) is 12.4. The van der Waals surface area contributed by atoms with Crippen molar-refractivity contribution >= 4 is 45.7 Å². The molecule has 0 saturated carbocycles. The Morgan fingerprint density at radius 2 is 1.16 bits per heavy atom. The lowest BCUT2D eigenvalue weighted by Crippen LogP contribution is -2.14. The quantitative estimate of drug-likeness (QED) is 0.126. The average molecular weight is 757 g/mol. The van der Waals surface area contributed by atoms with Crippen LogP contribution in [0.2, 0.25) is 0 Å². The van der Waals surface area contributed by atoms with Crippen LogP contribution in [0.1, 0.15) is 70.3 Å². The lowest BCUT2D eigenvalue weighted by Gasteiger charge is -2.28. The summed E-state index contributed by atoms with van der Waals surface area (Å²) in [7, 11) is 0. The Morgan fingerprint density at radius 3 is 1.71 bits per heavy atom. The Kier molecular flexibility index (Phi) is 13.1. The zero-order valence-electron chi connectivity index (χ0n) is 35.0. The second-order valence-corrected chi connectivity index (χ2v) is 14.7. The third-order valence-electron chi connectivity index (χ3n) is 10.6. The summed E-state index contributed by atoms with van der Waals surface area (Å²) in [5.41, 5.74) is 16.3. The van der Waals surface area contributed by atoms with Crippen LogP contribution < -0.4 is 4.90 Å². The van der Waals surface area contributed by atoms with E-state index in [1.807, 2.05) is 32.1 Å². The van der Waals surface area contributed by atoms with E-state index in [1.54, 1.807) is 0 Å². The summed E-state index contributed by atoms with van der Waals surface area (Å²) in [6, 6.07) is 52.6. The standard InChI is InChI=1S/C50H42N2.C4H8.C2H6/c1-6-15-45-46-32-39(24-31-49(46)52(48(45)8-3)40-18-13-10-14-19-40)38-22-27-42(28-23-38)51(41-25-20-37(21-26-41)36-16-11-9-12-17-36)43-29-30-44-35(7-2)34-50(4,5)47(44)33-43;1-3-4-2;1-2/h6-34H,2-3H2,1,4-5H3;3H,1,4H2,2H3;1-2H3/b15-6-;;. The van der Waals surface area contributed by atoms with Gasteiger partial charge in [0.05, 0.1) is 11.2 Å². The molecule has 1 heterocycles. The molecular weight excluding hydrogens is 701 g/mol. The van der Waals surface area contributed by atoms with Gasteiger partial charge in [-0.2, -0.15) is 0 Å². The fraction of sp³-hybridized carbons (Fsp3) is 0.143. The van der Waals surface area contributed by atoms with Gasteiger partial charge < -0.3 is 9.47 Å². The largest absolute Gasteiger partial charge is 0.310 e. The molecule has 0 radical (unpaired) electrons. The number of benzene rings is 6. The third kappa shape index (κ3) is 8.24. The zero-order chi connectivity index (χ0) is 41.2. The number of nitrogens with zero attached hydrogens (tertiary/aromatic N) is 2. The zero-order valence-corrected chi connectivity index (χ0v) is 35.0. The SMILES string of the molecule is C=CC1=CC(C)(C)c2cc(N(c3ccc(-c4ccccc4)cc3)c3ccc(-c4ccc5c(c4)c(/C=C\C)c(C=C)n5-c4ccccc4)cc3)ccc21.C=CCC.CC. The fourth-order valence-corrected chi connectivity index (χ4v) is 7.77. The van der Waals surface area contributed by atoms with Gasteiger partial charge in [-0.1, -0.05) is 163 Å². The molecule has 0 unspecified atom stereocenters. The van der Waals surface area contributed by atoms with Crippen molar-refractivity contribution in [2.75, 3.05) is 4.90 Å². The second kappa shape index (κ2) is 18.5. The van der Waals surface area contributed by atoms with E-state index in [1.165, 1.54) is 49.9 Å². The van der Waals surface area contributed by atoms with Crippen molar-refractivity contribution in [2.45, 2.75) is 53.4 Å². The molecule has 7 aromatic rings. The van der Waals surface area contributed by atoms with E-state index in [-0.39, 0.29) is 5.41 Å². The highest BCUT2D eigenvalue weighted by Crippen LogP contribution is 2.45. The van der Waals surface area contributed by atoms with Crippen LogP contribution in [0.25, 0.3) is 56.6 Å². The van der Waals surface area contributed by atoms with E-state index in [4.69, 9.17) is 0 Å². The van der Waals surface area contributed by atoms with Gasteiger partial charge in [0.25, 0.3) is 0 Å². The van der Waals surface area contributed by atoms with E-state index >= 15 is 0 Å². The van der Waals surface area contributed by atoms with Gasteiger partial charge in [0.15, 0.2) is 0 Å².